The van der Waals surface area contributed by atoms with Gasteiger partial charge >= 0.3 is 0 Å². The monoisotopic (exact) mass is 299 g/mol. The third-order valence-corrected chi connectivity index (χ3v) is 5.24. The van der Waals surface area contributed by atoms with Crippen LogP contribution in [0.25, 0.3) is 11.0 Å². The fraction of sp³-hybridized carbons (Fsp3) is 0.529. The standard InChI is InChI=1S/C17H21N3S/c1-2-12-6-8-13(9-7-12)11-20-15-5-3-4-14(10-18)16(15)19-17(20)21/h3-5,12-13H,2,6-9,11H2,1H3,(H,19,21). The second-order valence-electron chi connectivity index (χ2n) is 6.15. The summed E-state index contributed by atoms with van der Waals surface area (Å²) in [6.45, 7) is 3.27. The summed E-state index contributed by atoms with van der Waals surface area (Å²) < 4.78 is 2.92. The predicted octanol–water partition coefficient (Wildman–Crippen LogP) is 4.79. The van der Waals surface area contributed by atoms with Gasteiger partial charge in [0.1, 0.15) is 6.07 Å². The van der Waals surface area contributed by atoms with Gasteiger partial charge in [0.2, 0.25) is 0 Å². The lowest BCUT2D eigenvalue weighted by atomic mass is 9.81. The minimum atomic E-state index is 0.673. The van der Waals surface area contributed by atoms with E-state index in [2.05, 4.69) is 28.6 Å². The Balaban J connectivity index is 1.87. The summed E-state index contributed by atoms with van der Waals surface area (Å²) in [7, 11) is 0. The van der Waals surface area contributed by atoms with Crippen LogP contribution in [0.15, 0.2) is 18.2 Å². The number of nitrogens with one attached hydrogen (secondary N) is 1. The Kier molecular flexibility index (Phi) is 4.12. The van der Waals surface area contributed by atoms with Crippen molar-refractivity contribution in [3.8, 4) is 6.07 Å². The predicted molar refractivity (Wildman–Crippen MR) is 87.6 cm³/mol. The zero-order valence-corrected chi connectivity index (χ0v) is 13.2. The van der Waals surface area contributed by atoms with Gasteiger partial charge in [-0.3, -0.25) is 0 Å². The van der Waals surface area contributed by atoms with Gasteiger partial charge in [0.05, 0.1) is 16.6 Å². The molecule has 1 aliphatic carbocycles. The van der Waals surface area contributed by atoms with Crippen LogP contribution in [0.3, 0.4) is 0 Å². The fourth-order valence-corrected chi connectivity index (χ4v) is 3.81. The quantitative estimate of drug-likeness (QED) is 0.828. The number of imidazole rings is 1. The van der Waals surface area contributed by atoms with Crippen LogP contribution in [0.1, 0.15) is 44.6 Å². The molecule has 1 aliphatic rings. The van der Waals surface area contributed by atoms with E-state index in [1.165, 1.54) is 32.1 Å². The van der Waals surface area contributed by atoms with Crippen molar-refractivity contribution in [1.29, 1.82) is 5.26 Å². The molecule has 21 heavy (non-hydrogen) atoms. The van der Waals surface area contributed by atoms with Gasteiger partial charge in [-0.15, -0.1) is 0 Å². The molecule has 0 saturated heterocycles. The van der Waals surface area contributed by atoms with Crippen LogP contribution in [-0.2, 0) is 6.54 Å². The molecular weight excluding hydrogens is 278 g/mol. The molecule has 0 radical (unpaired) electrons. The molecule has 1 heterocycles. The molecule has 4 heteroatoms. The minimum Gasteiger partial charge on any atom is -0.329 e. The third-order valence-electron chi connectivity index (χ3n) is 4.92. The molecule has 1 aromatic carbocycles. The van der Waals surface area contributed by atoms with Gasteiger partial charge in [-0.2, -0.15) is 5.26 Å². The number of H-pyrrole nitrogens is 1. The SMILES string of the molecule is CCC1CCC(Cn2c(=S)[nH]c3c(C#N)cccc32)CC1. The summed E-state index contributed by atoms with van der Waals surface area (Å²) in [6, 6.07) is 8.07. The van der Waals surface area contributed by atoms with E-state index in [1.807, 2.05) is 12.1 Å². The summed E-state index contributed by atoms with van der Waals surface area (Å²) >= 11 is 5.47. The average molecular weight is 299 g/mol. The molecule has 110 valence electrons. The van der Waals surface area contributed by atoms with Gasteiger partial charge in [0.15, 0.2) is 4.77 Å². The fourth-order valence-electron chi connectivity index (χ4n) is 3.54. The highest BCUT2D eigenvalue weighted by atomic mass is 32.1. The lowest BCUT2D eigenvalue weighted by Gasteiger charge is -2.28. The van der Waals surface area contributed by atoms with Crippen molar-refractivity contribution in [2.75, 3.05) is 0 Å². The van der Waals surface area contributed by atoms with Crippen molar-refractivity contribution in [2.45, 2.75) is 45.6 Å². The Labute approximate surface area is 130 Å². The van der Waals surface area contributed by atoms with Gasteiger partial charge in [-0.25, -0.2) is 0 Å². The van der Waals surface area contributed by atoms with Gasteiger partial charge < -0.3 is 9.55 Å². The van der Waals surface area contributed by atoms with Crippen molar-refractivity contribution < 1.29 is 0 Å². The first-order valence-corrected chi connectivity index (χ1v) is 8.25. The normalized spacial score (nSPS) is 22.3. The number of para-hydroxylation sites is 1. The molecular formula is C17H21N3S. The summed E-state index contributed by atoms with van der Waals surface area (Å²) in [5.41, 5.74) is 2.62. The van der Waals surface area contributed by atoms with Crippen LogP contribution in [0, 0.1) is 27.9 Å². The van der Waals surface area contributed by atoms with E-state index in [4.69, 9.17) is 12.2 Å². The molecule has 0 unspecified atom stereocenters. The van der Waals surface area contributed by atoms with Crippen molar-refractivity contribution in [3.05, 3.63) is 28.5 Å². The van der Waals surface area contributed by atoms with Gasteiger partial charge in [-0.1, -0.05) is 32.3 Å². The lowest BCUT2D eigenvalue weighted by Crippen LogP contribution is -2.18. The molecule has 0 spiro atoms. The summed E-state index contributed by atoms with van der Waals surface area (Å²) in [5, 5.41) is 9.20. The number of fused-ring (bicyclic) bond motifs is 1. The smallest absolute Gasteiger partial charge is 0.178 e. The topological polar surface area (TPSA) is 44.5 Å². The van der Waals surface area contributed by atoms with Crippen molar-refractivity contribution in [3.63, 3.8) is 0 Å². The lowest BCUT2D eigenvalue weighted by molar-refractivity contribution is 0.248. The maximum Gasteiger partial charge on any atom is 0.178 e. The first-order chi connectivity index (χ1) is 10.2. The number of hydrogen-bond donors (Lipinski definition) is 1. The largest absolute Gasteiger partial charge is 0.329 e. The Morgan fingerprint density at radius 1 is 1.29 bits per heavy atom. The molecule has 3 rings (SSSR count). The highest BCUT2D eigenvalue weighted by Crippen LogP contribution is 2.32. The Morgan fingerprint density at radius 2 is 2.00 bits per heavy atom. The molecule has 0 amide bonds. The number of hydrogen-bond acceptors (Lipinski definition) is 2. The summed E-state index contributed by atoms with van der Waals surface area (Å²) in [5.74, 6) is 1.63. The van der Waals surface area contributed by atoms with Crippen LogP contribution in [0.2, 0.25) is 0 Å². The summed E-state index contributed by atoms with van der Waals surface area (Å²) in [4.78, 5) is 3.21. The molecule has 1 aromatic heterocycles. The first kappa shape index (κ1) is 14.3. The minimum absolute atomic E-state index is 0.673. The first-order valence-electron chi connectivity index (χ1n) is 7.84. The van der Waals surface area contributed by atoms with E-state index in [-0.39, 0.29) is 0 Å². The highest BCUT2D eigenvalue weighted by Gasteiger charge is 2.21. The van der Waals surface area contributed by atoms with E-state index >= 15 is 0 Å². The number of nitriles is 1. The number of aromatic amines is 1. The van der Waals surface area contributed by atoms with E-state index < -0.39 is 0 Å². The molecule has 1 N–H and O–H groups in total. The van der Waals surface area contributed by atoms with E-state index in [0.29, 0.717) is 11.5 Å². The van der Waals surface area contributed by atoms with Crippen LogP contribution in [0.4, 0.5) is 0 Å². The third kappa shape index (κ3) is 2.75. The number of aromatic nitrogens is 2. The molecule has 0 bridgehead atoms. The van der Waals surface area contributed by atoms with Gasteiger partial charge in [0.25, 0.3) is 0 Å². The maximum absolute atomic E-state index is 9.20. The van der Waals surface area contributed by atoms with Crippen molar-refractivity contribution in [2.24, 2.45) is 11.8 Å². The van der Waals surface area contributed by atoms with Crippen molar-refractivity contribution >= 4 is 23.3 Å². The molecule has 0 aliphatic heterocycles. The Morgan fingerprint density at radius 3 is 2.67 bits per heavy atom. The Bertz CT molecular complexity index is 727. The van der Waals surface area contributed by atoms with Crippen LogP contribution >= 0.6 is 12.2 Å². The zero-order valence-electron chi connectivity index (χ0n) is 12.4. The Hall–Kier alpha value is -1.60. The van der Waals surface area contributed by atoms with E-state index in [1.54, 1.807) is 0 Å². The van der Waals surface area contributed by atoms with Crippen LogP contribution in [-0.4, -0.2) is 9.55 Å². The second kappa shape index (κ2) is 6.03. The number of nitrogens with zero attached hydrogens (tertiary/aromatic N) is 2. The van der Waals surface area contributed by atoms with Gasteiger partial charge in [-0.05, 0) is 49.0 Å². The van der Waals surface area contributed by atoms with E-state index in [9.17, 15) is 5.26 Å². The van der Waals surface area contributed by atoms with Crippen LogP contribution < -0.4 is 0 Å². The molecule has 1 saturated carbocycles. The number of benzene rings is 1. The van der Waals surface area contributed by atoms with Crippen LogP contribution in [0.5, 0.6) is 0 Å². The molecule has 0 atom stereocenters. The zero-order chi connectivity index (χ0) is 14.8. The number of rotatable bonds is 3. The average Bonchev–Trinajstić information content (AvgIpc) is 2.84. The van der Waals surface area contributed by atoms with Gasteiger partial charge in [0, 0.05) is 6.54 Å². The van der Waals surface area contributed by atoms with E-state index in [0.717, 1.165) is 28.3 Å². The molecule has 1 fully saturated rings. The molecule has 2 aromatic rings. The van der Waals surface area contributed by atoms with Crippen molar-refractivity contribution in [1.82, 2.24) is 9.55 Å². The molecule has 3 nitrogen and oxygen atoms in total. The summed E-state index contributed by atoms with van der Waals surface area (Å²) in [6.07, 6.45) is 6.60. The maximum atomic E-state index is 9.20. The second-order valence-corrected chi connectivity index (χ2v) is 6.53. The highest BCUT2D eigenvalue weighted by molar-refractivity contribution is 7.71.